The molecule has 1 aliphatic heterocycles. The van der Waals surface area contributed by atoms with E-state index in [-0.39, 0.29) is 17.6 Å². The number of benzene rings is 1. The molecule has 2 aliphatic rings. The topological polar surface area (TPSA) is 49.4 Å². The number of halogens is 1. The van der Waals surface area contributed by atoms with Crippen molar-refractivity contribution < 1.29 is 14.0 Å². The summed E-state index contributed by atoms with van der Waals surface area (Å²) < 4.78 is 12.9. The lowest BCUT2D eigenvalue weighted by molar-refractivity contribution is -0.139. The fraction of sp³-hybridized carbons (Fsp3) is 0.556. The van der Waals surface area contributed by atoms with Crippen LogP contribution in [0.5, 0.6) is 0 Å². The zero-order valence-corrected chi connectivity index (χ0v) is 13.3. The predicted molar refractivity (Wildman–Crippen MR) is 85.4 cm³/mol. The van der Waals surface area contributed by atoms with Crippen LogP contribution in [-0.2, 0) is 4.79 Å². The van der Waals surface area contributed by atoms with Crippen LogP contribution in [0.2, 0.25) is 0 Å². The van der Waals surface area contributed by atoms with Gasteiger partial charge in [-0.25, -0.2) is 4.39 Å². The molecular formula is C18H23FN2O2. The number of hydrogen-bond acceptors (Lipinski definition) is 2. The van der Waals surface area contributed by atoms with E-state index in [0.29, 0.717) is 23.9 Å². The van der Waals surface area contributed by atoms with E-state index in [1.807, 2.05) is 4.90 Å². The molecule has 5 heteroatoms. The minimum absolute atomic E-state index is 0.188. The van der Waals surface area contributed by atoms with Crippen molar-refractivity contribution in [1.29, 1.82) is 0 Å². The molecule has 1 unspecified atom stereocenters. The van der Waals surface area contributed by atoms with Crippen LogP contribution in [-0.4, -0.2) is 36.3 Å². The third-order valence-corrected chi connectivity index (χ3v) is 4.94. The maximum absolute atomic E-state index is 12.9. The second kappa shape index (κ2) is 7.11. The minimum atomic E-state index is -0.348. The smallest absolute Gasteiger partial charge is 0.251 e. The molecule has 124 valence electrons. The van der Waals surface area contributed by atoms with Crippen LogP contribution in [0.4, 0.5) is 4.39 Å². The fourth-order valence-corrected chi connectivity index (χ4v) is 3.29. The molecular weight excluding hydrogens is 295 g/mol. The van der Waals surface area contributed by atoms with E-state index >= 15 is 0 Å². The Morgan fingerprint density at radius 1 is 1.13 bits per heavy atom. The van der Waals surface area contributed by atoms with E-state index in [2.05, 4.69) is 5.32 Å². The lowest BCUT2D eigenvalue weighted by Crippen LogP contribution is -2.46. The largest absolute Gasteiger partial charge is 0.352 e. The summed E-state index contributed by atoms with van der Waals surface area (Å²) in [5, 5.41) is 2.91. The van der Waals surface area contributed by atoms with Crippen LogP contribution >= 0.6 is 0 Å². The minimum Gasteiger partial charge on any atom is -0.352 e. The van der Waals surface area contributed by atoms with Gasteiger partial charge in [-0.2, -0.15) is 0 Å². The van der Waals surface area contributed by atoms with Crippen molar-refractivity contribution in [2.24, 2.45) is 11.8 Å². The van der Waals surface area contributed by atoms with Crippen molar-refractivity contribution in [1.82, 2.24) is 10.2 Å². The van der Waals surface area contributed by atoms with E-state index in [0.717, 1.165) is 38.8 Å². The molecule has 1 aliphatic carbocycles. The number of likely N-dealkylation sites (tertiary alicyclic amines) is 1. The highest BCUT2D eigenvalue weighted by Crippen LogP contribution is 2.29. The first-order valence-corrected chi connectivity index (χ1v) is 8.46. The molecule has 0 radical (unpaired) electrons. The average Bonchev–Trinajstić information content (AvgIpc) is 2.52. The number of nitrogens with one attached hydrogen (secondary N) is 1. The van der Waals surface area contributed by atoms with Gasteiger partial charge in [-0.3, -0.25) is 9.59 Å². The first-order chi connectivity index (χ1) is 11.1. The second-order valence-corrected chi connectivity index (χ2v) is 6.64. The number of amides is 2. The molecule has 0 aromatic heterocycles. The summed E-state index contributed by atoms with van der Waals surface area (Å²) in [4.78, 5) is 26.4. The molecule has 3 rings (SSSR count). The first kappa shape index (κ1) is 16.0. The number of carbonyl (C=O) groups excluding carboxylic acids is 2. The highest BCUT2D eigenvalue weighted by Gasteiger charge is 2.32. The van der Waals surface area contributed by atoms with Gasteiger partial charge in [0.2, 0.25) is 5.91 Å². The molecule has 1 heterocycles. The van der Waals surface area contributed by atoms with E-state index in [1.54, 1.807) is 0 Å². The summed E-state index contributed by atoms with van der Waals surface area (Å²) in [7, 11) is 0. The Hall–Kier alpha value is -1.91. The van der Waals surface area contributed by atoms with Crippen LogP contribution < -0.4 is 5.32 Å². The van der Waals surface area contributed by atoms with Crippen LogP contribution in [0.25, 0.3) is 0 Å². The highest BCUT2D eigenvalue weighted by molar-refractivity contribution is 5.94. The Morgan fingerprint density at radius 2 is 1.87 bits per heavy atom. The van der Waals surface area contributed by atoms with Gasteiger partial charge >= 0.3 is 0 Å². The van der Waals surface area contributed by atoms with Gasteiger partial charge in [0.1, 0.15) is 5.82 Å². The van der Waals surface area contributed by atoms with Gasteiger partial charge in [0.05, 0.1) is 0 Å². The molecule has 23 heavy (non-hydrogen) atoms. The van der Waals surface area contributed by atoms with Crippen molar-refractivity contribution in [2.45, 2.75) is 32.1 Å². The van der Waals surface area contributed by atoms with Crippen molar-refractivity contribution >= 4 is 11.8 Å². The molecule has 1 aromatic rings. The van der Waals surface area contributed by atoms with E-state index in [9.17, 15) is 14.0 Å². The SMILES string of the molecule is O=C(NCC1CCCN(C(=O)C2CCC2)C1)c1ccc(F)cc1. The van der Waals surface area contributed by atoms with Crippen LogP contribution in [0.1, 0.15) is 42.5 Å². The molecule has 2 fully saturated rings. The third kappa shape index (κ3) is 3.89. The van der Waals surface area contributed by atoms with Gasteiger partial charge in [0.15, 0.2) is 0 Å². The van der Waals surface area contributed by atoms with E-state index in [1.165, 1.54) is 30.7 Å². The lowest BCUT2D eigenvalue weighted by Gasteiger charge is -2.37. The number of hydrogen-bond donors (Lipinski definition) is 1. The standard InChI is InChI=1S/C18H23FN2O2/c19-16-8-6-14(7-9-16)17(22)20-11-13-3-2-10-21(12-13)18(23)15-4-1-5-15/h6-9,13,15H,1-5,10-12H2,(H,20,22). The Bertz CT molecular complexity index is 569. The zero-order valence-electron chi connectivity index (χ0n) is 13.3. The number of nitrogens with zero attached hydrogens (tertiary/aromatic N) is 1. The van der Waals surface area contributed by atoms with Gasteiger partial charge < -0.3 is 10.2 Å². The summed E-state index contributed by atoms with van der Waals surface area (Å²) in [5.74, 6) is 0.303. The second-order valence-electron chi connectivity index (χ2n) is 6.64. The Labute approximate surface area is 136 Å². The summed E-state index contributed by atoms with van der Waals surface area (Å²) in [6.45, 7) is 2.14. The van der Waals surface area contributed by atoms with Crippen molar-refractivity contribution in [3.8, 4) is 0 Å². The molecule has 1 aromatic carbocycles. The Morgan fingerprint density at radius 3 is 2.52 bits per heavy atom. The number of piperidine rings is 1. The average molecular weight is 318 g/mol. The normalized spacial score (nSPS) is 21.6. The van der Waals surface area contributed by atoms with E-state index in [4.69, 9.17) is 0 Å². The molecule has 1 saturated heterocycles. The van der Waals surface area contributed by atoms with Gasteiger partial charge in [-0.05, 0) is 55.9 Å². The Balaban J connectivity index is 1.48. The summed E-state index contributed by atoms with van der Waals surface area (Å²) in [5.41, 5.74) is 0.463. The monoisotopic (exact) mass is 318 g/mol. The summed E-state index contributed by atoms with van der Waals surface area (Å²) in [6, 6.07) is 5.54. The summed E-state index contributed by atoms with van der Waals surface area (Å²) >= 11 is 0. The molecule has 1 N–H and O–H groups in total. The van der Waals surface area contributed by atoms with E-state index < -0.39 is 0 Å². The quantitative estimate of drug-likeness (QED) is 0.927. The third-order valence-electron chi connectivity index (χ3n) is 4.94. The van der Waals surface area contributed by atoms with Crippen molar-refractivity contribution in [3.63, 3.8) is 0 Å². The molecule has 4 nitrogen and oxygen atoms in total. The van der Waals surface area contributed by atoms with Gasteiger partial charge in [0.25, 0.3) is 5.91 Å². The van der Waals surface area contributed by atoms with Crippen LogP contribution in [0.15, 0.2) is 24.3 Å². The first-order valence-electron chi connectivity index (χ1n) is 8.46. The van der Waals surface area contributed by atoms with Gasteiger partial charge in [0, 0.05) is 31.1 Å². The highest BCUT2D eigenvalue weighted by atomic mass is 19.1. The fourth-order valence-electron chi connectivity index (χ4n) is 3.29. The molecule has 0 bridgehead atoms. The summed E-state index contributed by atoms with van der Waals surface area (Å²) in [6.07, 6.45) is 5.25. The van der Waals surface area contributed by atoms with Gasteiger partial charge in [-0.15, -0.1) is 0 Å². The van der Waals surface area contributed by atoms with Crippen molar-refractivity contribution in [3.05, 3.63) is 35.6 Å². The predicted octanol–water partition coefficient (Wildman–Crippen LogP) is 2.59. The maximum Gasteiger partial charge on any atom is 0.251 e. The molecule has 0 spiro atoms. The molecule has 1 saturated carbocycles. The lowest BCUT2D eigenvalue weighted by atomic mass is 9.83. The molecule has 1 atom stereocenters. The van der Waals surface area contributed by atoms with Crippen molar-refractivity contribution in [2.75, 3.05) is 19.6 Å². The molecule has 2 amide bonds. The zero-order chi connectivity index (χ0) is 16.2. The van der Waals surface area contributed by atoms with Crippen LogP contribution in [0, 0.1) is 17.7 Å². The maximum atomic E-state index is 12.9. The number of rotatable bonds is 4. The number of carbonyl (C=O) groups is 2. The van der Waals surface area contributed by atoms with Crippen LogP contribution in [0.3, 0.4) is 0 Å². The van der Waals surface area contributed by atoms with Gasteiger partial charge in [-0.1, -0.05) is 6.42 Å². The Kier molecular flexibility index (Phi) is 4.94.